The number of hydrogen-bond acceptors (Lipinski definition) is 5. The number of benzene rings is 2. The van der Waals surface area contributed by atoms with Gasteiger partial charge in [0.1, 0.15) is 5.75 Å². The van der Waals surface area contributed by atoms with Crippen LogP contribution in [-0.4, -0.2) is 30.9 Å². The van der Waals surface area contributed by atoms with Gasteiger partial charge in [-0.3, -0.25) is 9.59 Å². The number of Topliss-reactive ketones (excluding diaryl/α,β-unsaturated/α-hetero) is 1. The maximum Gasteiger partial charge on any atom is 0.331 e. The molecule has 2 aromatic rings. The zero-order chi connectivity index (χ0) is 19.4. The summed E-state index contributed by atoms with van der Waals surface area (Å²) in [5, 5.41) is 3.22. The Balaban J connectivity index is 1.57. The second kappa shape index (κ2) is 8.05. The average Bonchev–Trinajstić information content (AvgIpc) is 2.66. The molecule has 0 aliphatic carbocycles. The molecule has 1 N–H and O–H groups in total. The van der Waals surface area contributed by atoms with Gasteiger partial charge in [0.25, 0.3) is 5.91 Å². The van der Waals surface area contributed by atoms with E-state index in [9.17, 15) is 14.4 Å². The Hall–Kier alpha value is -3.12. The van der Waals surface area contributed by atoms with Gasteiger partial charge in [-0.1, -0.05) is 23.7 Å². The molecule has 0 atom stereocenters. The largest absolute Gasteiger partial charge is 0.482 e. The lowest BCUT2D eigenvalue weighted by molar-refractivity contribution is -0.136. The first-order valence-corrected chi connectivity index (χ1v) is 8.51. The minimum absolute atomic E-state index is 0.0591. The molecule has 0 radical (unpaired) electrons. The molecule has 0 saturated carbocycles. The monoisotopic (exact) mass is 385 g/mol. The van der Waals surface area contributed by atoms with Crippen LogP contribution in [0.3, 0.4) is 0 Å². The molecule has 1 aliphatic rings. The predicted octanol–water partition coefficient (Wildman–Crippen LogP) is 3.42. The highest BCUT2D eigenvalue weighted by Crippen LogP contribution is 2.28. The van der Waals surface area contributed by atoms with Crippen LogP contribution < -0.4 is 10.1 Å². The molecule has 0 aromatic heterocycles. The SMILES string of the molecule is Cc1ccc(/C=C/C(=O)OCC(=O)c2ccc3c(c2)NC(=O)CO3)cc1Cl. The van der Waals surface area contributed by atoms with Crippen molar-refractivity contribution in [2.75, 3.05) is 18.5 Å². The van der Waals surface area contributed by atoms with Crippen molar-refractivity contribution in [1.82, 2.24) is 0 Å². The van der Waals surface area contributed by atoms with Crippen molar-refractivity contribution < 1.29 is 23.9 Å². The van der Waals surface area contributed by atoms with E-state index in [4.69, 9.17) is 21.1 Å². The molecule has 6 nitrogen and oxygen atoms in total. The molecule has 1 heterocycles. The number of carbonyl (C=O) groups excluding carboxylic acids is 3. The van der Waals surface area contributed by atoms with E-state index in [1.807, 2.05) is 19.1 Å². The van der Waals surface area contributed by atoms with Crippen molar-refractivity contribution in [2.45, 2.75) is 6.92 Å². The number of nitrogens with one attached hydrogen (secondary N) is 1. The van der Waals surface area contributed by atoms with Gasteiger partial charge in [-0.15, -0.1) is 0 Å². The lowest BCUT2D eigenvalue weighted by Gasteiger charge is -2.18. The predicted molar refractivity (Wildman–Crippen MR) is 101 cm³/mol. The summed E-state index contributed by atoms with van der Waals surface area (Å²) < 4.78 is 10.2. The summed E-state index contributed by atoms with van der Waals surface area (Å²) in [5.74, 6) is -0.838. The molecular weight excluding hydrogens is 370 g/mol. The first-order chi connectivity index (χ1) is 12.9. The van der Waals surface area contributed by atoms with Crippen LogP contribution in [0.25, 0.3) is 6.08 Å². The number of carbonyl (C=O) groups is 3. The highest BCUT2D eigenvalue weighted by Gasteiger charge is 2.18. The highest BCUT2D eigenvalue weighted by atomic mass is 35.5. The fourth-order valence-electron chi connectivity index (χ4n) is 2.40. The molecule has 138 valence electrons. The fraction of sp³-hybridized carbons (Fsp3) is 0.150. The summed E-state index contributed by atoms with van der Waals surface area (Å²) in [6.07, 6.45) is 2.79. The van der Waals surface area contributed by atoms with Gasteiger partial charge in [-0.25, -0.2) is 4.79 Å². The van der Waals surface area contributed by atoms with Gasteiger partial charge in [-0.2, -0.15) is 0 Å². The Morgan fingerprint density at radius 1 is 1.26 bits per heavy atom. The second-order valence-electron chi connectivity index (χ2n) is 5.92. The molecule has 0 fully saturated rings. The summed E-state index contributed by atoms with van der Waals surface area (Å²) in [5.41, 5.74) is 2.41. The Bertz CT molecular complexity index is 951. The van der Waals surface area contributed by atoms with Crippen molar-refractivity contribution in [3.05, 3.63) is 64.2 Å². The molecule has 1 amide bonds. The summed E-state index contributed by atoms with van der Waals surface area (Å²) in [6, 6.07) is 10.0. The number of esters is 1. The molecule has 3 rings (SSSR count). The van der Waals surface area contributed by atoms with Crippen molar-refractivity contribution in [3.8, 4) is 5.75 Å². The first-order valence-electron chi connectivity index (χ1n) is 8.13. The maximum atomic E-state index is 12.2. The molecule has 2 aromatic carbocycles. The maximum absolute atomic E-state index is 12.2. The van der Waals surface area contributed by atoms with E-state index in [1.54, 1.807) is 24.3 Å². The molecule has 0 saturated heterocycles. The van der Waals surface area contributed by atoms with E-state index in [0.29, 0.717) is 22.0 Å². The van der Waals surface area contributed by atoms with Crippen molar-refractivity contribution in [1.29, 1.82) is 0 Å². The Morgan fingerprint density at radius 3 is 2.85 bits per heavy atom. The van der Waals surface area contributed by atoms with Gasteiger partial charge >= 0.3 is 5.97 Å². The van der Waals surface area contributed by atoms with E-state index in [1.165, 1.54) is 12.1 Å². The molecule has 27 heavy (non-hydrogen) atoms. The first kappa shape index (κ1) is 18.7. The summed E-state index contributed by atoms with van der Waals surface area (Å²) in [4.78, 5) is 35.4. The fourth-order valence-corrected chi connectivity index (χ4v) is 2.59. The minimum Gasteiger partial charge on any atom is -0.482 e. The topological polar surface area (TPSA) is 81.7 Å². The van der Waals surface area contributed by atoms with Crippen molar-refractivity contribution in [2.24, 2.45) is 0 Å². The smallest absolute Gasteiger partial charge is 0.331 e. The number of hydrogen-bond donors (Lipinski definition) is 1. The lowest BCUT2D eigenvalue weighted by atomic mass is 10.1. The van der Waals surface area contributed by atoms with E-state index in [-0.39, 0.29) is 12.5 Å². The molecule has 0 unspecified atom stereocenters. The third-order valence-electron chi connectivity index (χ3n) is 3.89. The summed E-state index contributed by atoms with van der Waals surface area (Å²) in [6.45, 7) is 1.41. The number of anilines is 1. The number of halogens is 1. The zero-order valence-corrected chi connectivity index (χ0v) is 15.2. The van der Waals surface area contributed by atoms with Gasteiger partial charge in [0.2, 0.25) is 0 Å². The standard InChI is InChI=1S/C20H16ClNO5/c1-12-2-3-13(8-15(12)21)4-7-20(25)27-10-17(23)14-5-6-18-16(9-14)22-19(24)11-26-18/h2-9H,10-11H2,1H3,(H,22,24)/b7-4+. The van der Waals surface area contributed by atoms with Gasteiger partial charge in [0.15, 0.2) is 19.0 Å². The Kier molecular flexibility index (Phi) is 5.57. The number of ether oxygens (including phenoxy) is 2. The van der Waals surface area contributed by atoms with Crippen molar-refractivity contribution in [3.63, 3.8) is 0 Å². The second-order valence-corrected chi connectivity index (χ2v) is 6.33. The third-order valence-corrected chi connectivity index (χ3v) is 4.29. The summed E-state index contributed by atoms with van der Waals surface area (Å²) in [7, 11) is 0. The van der Waals surface area contributed by atoms with Crippen LogP contribution in [0, 0.1) is 6.92 Å². The molecule has 0 bridgehead atoms. The number of amides is 1. The third kappa shape index (κ3) is 4.74. The van der Waals surface area contributed by atoms with Crippen LogP contribution in [0.5, 0.6) is 5.75 Å². The van der Waals surface area contributed by atoms with E-state index in [2.05, 4.69) is 5.32 Å². The number of fused-ring (bicyclic) bond motifs is 1. The number of ketones is 1. The van der Waals surface area contributed by atoms with Crippen LogP contribution in [0.2, 0.25) is 5.02 Å². The Labute approximate surface area is 160 Å². The van der Waals surface area contributed by atoms with Gasteiger partial charge < -0.3 is 14.8 Å². The van der Waals surface area contributed by atoms with E-state index < -0.39 is 18.4 Å². The molecule has 0 spiro atoms. The summed E-state index contributed by atoms with van der Waals surface area (Å²) >= 11 is 6.03. The van der Waals surface area contributed by atoms with Crippen LogP contribution in [0.1, 0.15) is 21.5 Å². The van der Waals surface area contributed by atoms with Crippen LogP contribution in [-0.2, 0) is 14.3 Å². The molecule has 7 heteroatoms. The van der Waals surface area contributed by atoms with E-state index >= 15 is 0 Å². The highest BCUT2D eigenvalue weighted by molar-refractivity contribution is 6.31. The van der Waals surface area contributed by atoms with Crippen molar-refractivity contribution >= 4 is 41.0 Å². The van der Waals surface area contributed by atoms with Crippen LogP contribution in [0.15, 0.2) is 42.5 Å². The minimum atomic E-state index is -0.644. The number of aryl methyl sites for hydroxylation is 1. The van der Waals surface area contributed by atoms with Gasteiger partial charge in [0, 0.05) is 16.7 Å². The quantitative estimate of drug-likeness (QED) is 0.484. The number of rotatable bonds is 5. The Morgan fingerprint density at radius 2 is 2.07 bits per heavy atom. The lowest BCUT2D eigenvalue weighted by Crippen LogP contribution is -2.25. The van der Waals surface area contributed by atoms with Gasteiger partial charge in [-0.05, 0) is 48.4 Å². The van der Waals surface area contributed by atoms with Crippen LogP contribution >= 0.6 is 11.6 Å². The zero-order valence-electron chi connectivity index (χ0n) is 14.5. The van der Waals surface area contributed by atoms with Crippen LogP contribution in [0.4, 0.5) is 5.69 Å². The molecular formula is C20H16ClNO5. The van der Waals surface area contributed by atoms with E-state index in [0.717, 1.165) is 11.1 Å². The average molecular weight is 386 g/mol. The molecule has 1 aliphatic heterocycles. The van der Waals surface area contributed by atoms with Gasteiger partial charge in [0.05, 0.1) is 5.69 Å². The normalized spacial score (nSPS) is 12.9.